The van der Waals surface area contributed by atoms with Gasteiger partial charge in [0.15, 0.2) is 5.76 Å². The Morgan fingerprint density at radius 1 is 1.23 bits per heavy atom. The van der Waals surface area contributed by atoms with Gasteiger partial charge < -0.3 is 4.52 Å². The van der Waals surface area contributed by atoms with E-state index in [1.165, 1.54) is 39.1 Å². The number of nitriles is 1. The van der Waals surface area contributed by atoms with E-state index in [-0.39, 0.29) is 39.9 Å². The fourth-order valence-electron chi connectivity index (χ4n) is 2.33. The van der Waals surface area contributed by atoms with Crippen molar-refractivity contribution in [2.75, 3.05) is 20.1 Å². The molecular formula is C15H18N4O5S2. The average Bonchev–Trinajstić information content (AvgIpc) is 2.93. The second-order valence-corrected chi connectivity index (χ2v) is 9.20. The van der Waals surface area contributed by atoms with Gasteiger partial charge in [-0.2, -0.15) is 9.57 Å². The van der Waals surface area contributed by atoms with E-state index >= 15 is 0 Å². The van der Waals surface area contributed by atoms with Crippen molar-refractivity contribution >= 4 is 20.0 Å². The van der Waals surface area contributed by atoms with Crippen LogP contribution in [0.3, 0.4) is 0 Å². The van der Waals surface area contributed by atoms with Gasteiger partial charge in [-0.3, -0.25) is 0 Å². The number of likely N-dealkylation sites (N-methyl/N-ethyl adjacent to an activating group) is 1. The van der Waals surface area contributed by atoms with Crippen molar-refractivity contribution in [3.63, 3.8) is 0 Å². The Labute approximate surface area is 152 Å². The number of rotatable bonds is 7. The second-order valence-electron chi connectivity index (χ2n) is 5.49. The minimum atomic E-state index is -3.94. The maximum Gasteiger partial charge on any atom is 0.248 e. The van der Waals surface area contributed by atoms with E-state index in [1.807, 2.05) is 6.07 Å². The molecule has 0 atom stereocenters. The predicted octanol–water partition coefficient (Wildman–Crippen LogP) is 0.762. The largest absolute Gasteiger partial charge is 0.360 e. The van der Waals surface area contributed by atoms with Crippen LogP contribution in [-0.4, -0.2) is 46.4 Å². The number of aromatic nitrogens is 1. The van der Waals surface area contributed by atoms with Gasteiger partial charge in [-0.05, 0) is 26.0 Å². The van der Waals surface area contributed by atoms with Crippen LogP contribution < -0.4 is 4.72 Å². The van der Waals surface area contributed by atoms with Crippen LogP contribution in [0.4, 0.5) is 0 Å². The van der Waals surface area contributed by atoms with Crippen LogP contribution in [0.2, 0.25) is 0 Å². The summed E-state index contributed by atoms with van der Waals surface area (Å²) in [5.41, 5.74) is 0.245. The maximum atomic E-state index is 12.6. The first-order valence-corrected chi connectivity index (χ1v) is 10.4. The molecule has 1 heterocycles. The zero-order valence-electron chi connectivity index (χ0n) is 14.4. The lowest BCUT2D eigenvalue weighted by Gasteiger charge is -2.17. The number of hydrogen-bond donors (Lipinski definition) is 1. The van der Waals surface area contributed by atoms with Gasteiger partial charge in [-0.25, -0.2) is 21.6 Å². The van der Waals surface area contributed by atoms with Gasteiger partial charge in [0.2, 0.25) is 20.0 Å². The summed E-state index contributed by atoms with van der Waals surface area (Å²) >= 11 is 0. The minimum Gasteiger partial charge on any atom is -0.360 e. The van der Waals surface area contributed by atoms with Gasteiger partial charge in [0.25, 0.3) is 0 Å². The first-order valence-electron chi connectivity index (χ1n) is 7.49. The standard InChI is InChI=1S/C15H18N4O5S2/c1-11-15(12(2)24-18-11)26(22,23)19(3)9-8-17-25(20,21)14-7-5-4-6-13(14)10-16/h4-7,17H,8-9H2,1-3H3. The van der Waals surface area contributed by atoms with E-state index in [0.717, 1.165) is 4.31 Å². The van der Waals surface area contributed by atoms with E-state index in [1.54, 1.807) is 6.07 Å². The van der Waals surface area contributed by atoms with E-state index in [2.05, 4.69) is 9.88 Å². The molecule has 0 aliphatic rings. The summed E-state index contributed by atoms with van der Waals surface area (Å²) in [5.74, 6) is 0.165. The summed E-state index contributed by atoms with van der Waals surface area (Å²) in [5, 5.41) is 12.6. The van der Waals surface area contributed by atoms with E-state index < -0.39 is 20.0 Å². The molecular weight excluding hydrogens is 380 g/mol. The van der Waals surface area contributed by atoms with Crippen molar-refractivity contribution in [3.05, 3.63) is 41.3 Å². The van der Waals surface area contributed by atoms with Gasteiger partial charge in [-0.1, -0.05) is 17.3 Å². The molecule has 0 saturated heterocycles. The maximum absolute atomic E-state index is 12.6. The molecule has 2 aromatic rings. The third-order valence-corrected chi connectivity index (χ3v) is 7.27. The lowest BCUT2D eigenvalue weighted by molar-refractivity contribution is 0.389. The summed E-state index contributed by atoms with van der Waals surface area (Å²) in [7, 11) is -6.47. The molecule has 0 fully saturated rings. The lowest BCUT2D eigenvalue weighted by Crippen LogP contribution is -2.36. The van der Waals surface area contributed by atoms with Crippen LogP contribution >= 0.6 is 0 Å². The molecule has 0 radical (unpaired) electrons. The number of hydrogen-bond acceptors (Lipinski definition) is 7. The molecule has 1 aromatic heterocycles. The van der Waals surface area contributed by atoms with Crippen molar-refractivity contribution < 1.29 is 21.4 Å². The van der Waals surface area contributed by atoms with Crippen LogP contribution in [0.5, 0.6) is 0 Å². The molecule has 1 N–H and O–H groups in total. The molecule has 0 bridgehead atoms. The SMILES string of the molecule is Cc1noc(C)c1S(=O)(=O)N(C)CCNS(=O)(=O)c1ccccc1C#N. The molecule has 9 nitrogen and oxygen atoms in total. The molecule has 0 saturated carbocycles. The normalized spacial score (nSPS) is 12.3. The Kier molecular flexibility index (Phi) is 5.82. The summed E-state index contributed by atoms with van der Waals surface area (Å²) in [6, 6.07) is 7.58. The zero-order valence-corrected chi connectivity index (χ0v) is 16.1. The van der Waals surface area contributed by atoms with E-state index in [4.69, 9.17) is 9.78 Å². The highest BCUT2D eigenvalue weighted by Crippen LogP contribution is 2.22. The van der Waals surface area contributed by atoms with Crippen molar-refractivity contribution in [1.82, 2.24) is 14.2 Å². The van der Waals surface area contributed by atoms with Crippen LogP contribution in [0.15, 0.2) is 38.6 Å². The monoisotopic (exact) mass is 398 g/mol. The Bertz CT molecular complexity index is 1030. The molecule has 140 valence electrons. The predicted molar refractivity (Wildman–Crippen MR) is 92.1 cm³/mol. The fraction of sp³-hybridized carbons (Fsp3) is 0.333. The fourth-order valence-corrected chi connectivity index (χ4v) is 4.96. The molecule has 0 aliphatic heterocycles. The van der Waals surface area contributed by atoms with Crippen LogP contribution in [0, 0.1) is 25.2 Å². The number of benzene rings is 1. The summed E-state index contributed by atoms with van der Waals surface area (Å²) in [4.78, 5) is -0.184. The van der Waals surface area contributed by atoms with Crippen LogP contribution in [-0.2, 0) is 20.0 Å². The molecule has 1 aromatic carbocycles. The molecule has 26 heavy (non-hydrogen) atoms. The average molecular weight is 398 g/mol. The second kappa shape index (κ2) is 7.55. The van der Waals surface area contributed by atoms with Crippen molar-refractivity contribution in [2.45, 2.75) is 23.6 Å². The third-order valence-electron chi connectivity index (χ3n) is 3.65. The third kappa shape index (κ3) is 3.94. The van der Waals surface area contributed by atoms with Crippen molar-refractivity contribution in [3.8, 4) is 6.07 Å². The highest BCUT2D eigenvalue weighted by molar-refractivity contribution is 7.89. The number of nitrogens with one attached hydrogen (secondary N) is 1. The van der Waals surface area contributed by atoms with Gasteiger partial charge in [-0.15, -0.1) is 0 Å². The smallest absolute Gasteiger partial charge is 0.248 e. The summed E-state index contributed by atoms with van der Waals surface area (Å²) < 4.78 is 58.0. The molecule has 0 unspecified atom stereocenters. The number of aryl methyl sites for hydroxylation is 2. The first-order chi connectivity index (χ1) is 12.1. The highest BCUT2D eigenvalue weighted by atomic mass is 32.2. The van der Waals surface area contributed by atoms with Gasteiger partial charge in [0.05, 0.1) is 10.5 Å². The first kappa shape index (κ1) is 20.1. The number of sulfonamides is 2. The van der Waals surface area contributed by atoms with Crippen molar-refractivity contribution in [2.24, 2.45) is 0 Å². The zero-order chi connectivity index (χ0) is 19.5. The summed E-state index contributed by atoms with van der Waals surface area (Å²) in [6.07, 6.45) is 0. The Morgan fingerprint density at radius 3 is 2.46 bits per heavy atom. The van der Waals surface area contributed by atoms with E-state index in [0.29, 0.717) is 0 Å². The topological polar surface area (TPSA) is 133 Å². The van der Waals surface area contributed by atoms with Gasteiger partial charge in [0.1, 0.15) is 16.7 Å². The van der Waals surface area contributed by atoms with Gasteiger partial charge in [0, 0.05) is 20.1 Å². The number of nitrogens with zero attached hydrogens (tertiary/aromatic N) is 3. The Morgan fingerprint density at radius 2 is 1.88 bits per heavy atom. The van der Waals surface area contributed by atoms with E-state index in [9.17, 15) is 16.8 Å². The molecule has 2 rings (SSSR count). The Hall–Kier alpha value is -2.26. The van der Waals surface area contributed by atoms with Crippen molar-refractivity contribution in [1.29, 1.82) is 5.26 Å². The highest BCUT2D eigenvalue weighted by Gasteiger charge is 2.28. The molecule has 0 amide bonds. The molecule has 0 aliphatic carbocycles. The molecule has 0 spiro atoms. The molecule has 11 heteroatoms. The minimum absolute atomic E-state index is 0.0108. The Balaban J connectivity index is 2.11. The quantitative estimate of drug-likeness (QED) is 0.728. The lowest BCUT2D eigenvalue weighted by atomic mass is 10.2. The van der Waals surface area contributed by atoms with Crippen LogP contribution in [0.25, 0.3) is 0 Å². The van der Waals surface area contributed by atoms with Gasteiger partial charge >= 0.3 is 0 Å². The summed E-state index contributed by atoms with van der Waals surface area (Å²) in [6.45, 7) is 2.72. The van der Waals surface area contributed by atoms with Crippen LogP contribution in [0.1, 0.15) is 17.0 Å².